The average Bonchev–Trinajstić information content (AvgIpc) is 2.70. The van der Waals surface area contributed by atoms with Crippen LogP contribution in [0.4, 0.5) is 0 Å². The Morgan fingerprint density at radius 2 is 1.95 bits per heavy atom. The third kappa shape index (κ3) is 3.55. The Morgan fingerprint density at radius 3 is 2.43 bits per heavy atom. The highest BCUT2D eigenvalue weighted by atomic mass is 35.5. The molecule has 0 unspecified atom stereocenters. The summed E-state index contributed by atoms with van der Waals surface area (Å²) in [6.07, 6.45) is 0.746. The number of aromatic nitrogens is 2. The van der Waals surface area contributed by atoms with Gasteiger partial charge in [0, 0.05) is 7.05 Å². The molecule has 0 bridgehead atoms. The molecule has 1 heterocycles. The van der Waals surface area contributed by atoms with Crippen LogP contribution >= 0.6 is 11.6 Å². The molecular formula is C13H16ClN3O3S. The van der Waals surface area contributed by atoms with Gasteiger partial charge in [-0.3, -0.25) is 4.68 Å². The molecule has 2 aromatic rings. The van der Waals surface area contributed by atoms with E-state index in [-0.39, 0.29) is 11.5 Å². The molecule has 1 aromatic heterocycles. The van der Waals surface area contributed by atoms with E-state index < -0.39 is 10.0 Å². The fraction of sp³-hybridized carbons (Fsp3) is 0.308. The number of ether oxygens (including phenoxy) is 1. The Balaban J connectivity index is 2.12. The lowest BCUT2D eigenvalue weighted by Crippen LogP contribution is -2.11. The molecule has 0 aliphatic rings. The summed E-state index contributed by atoms with van der Waals surface area (Å²) in [6, 6.07) is 5.88. The molecule has 0 saturated heterocycles. The molecule has 0 atom stereocenters. The topological polar surface area (TPSA) is 87.2 Å². The Labute approximate surface area is 128 Å². The summed E-state index contributed by atoms with van der Waals surface area (Å²) in [6.45, 7) is 2.22. The highest BCUT2D eigenvalue weighted by molar-refractivity contribution is 7.89. The summed E-state index contributed by atoms with van der Waals surface area (Å²) in [5, 5.41) is 9.93. The minimum absolute atomic E-state index is 0.0432. The Hall–Kier alpha value is -1.57. The lowest BCUT2D eigenvalue weighted by Gasteiger charge is -2.07. The third-order valence-electron chi connectivity index (χ3n) is 3.03. The second-order valence-corrected chi connectivity index (χ2v) is 6.43. The van der Waals surface area contributed by atoms with Gasteiger partial charge in [0.05, 0.1) is 21.3 Å². The van der Waals surface area contributed by atoms with Crippen LogP contribution < -0.4 is 9.88 Å². The summed E-state index contributed by atoms with van der Waals surface area (Å²) in [7, 11) is -1.89. The largest absolute Gasteiger partial charge is 0.487 e. The maximum Gasteiger partial charge on any atom is 0.238 e. The highest BCUT2D eigenvalue weighted by Gasteiger charge is 2.13. The van der Waals surface area contributed by atoms with Crippen LogP contribution in [0.5, 0.6) is 5.75 Å². The van der Waals surface area contributed by atoms with Crippen LogP contribution in [0.2, 0.25) is 5.02 Å². The van der Waals surface area contributed by atoms with Gasteiger partial charge in [0.1, 0.15) is 12.4 Å². The quantitative estimate of drug-likeness (QED) is 0.907. The fourth-order valence-electron chi connectivity index (χ4n) is 1.85. The number of nitrogens with two attached hydrogens (primary N) is 1. The molecule has 0 radical (unpaired) electrons. The number of hydrogen-bond donors (Lipinski definition) is 1. The van der Waals surface area contributed by atoms with Gasteiger partial charge in [0.15, 0.2) is 0 Å². The predicted molar refractivity (Wildman–Crippen MR) is 79.7 cm³/mol. The van der Waals surface area contributed by atoms with E-state index in [0.717, 1.165) is 17.8 Å². The van der Waals surface area contributed by atoms with E-state index in [0.29, 0.717) is 10.8 Å². The van der Waals surface area contributed by atoms with Crippen molar-refractivity contribution in [1.82, 2.24) is 9.78 Å². The lowest BCUT2D eigenvalue weighted by molar-refractivity contribution is 0.295. The summed E-state index contributed by atoms with van der Waals surface area (Å²) >= 11 is 6.22. The van der Waals surface area contributed by atoms with E-state index in [1.54, 1.807) is 23.9 Å². The molecule has 0 saturated carbocycles. The first-order valence-electron chi connectivity index (χ1n) is 6.28. The fourth-order valence-corrected chi connectivity index (χ4v) is 2.72. The maximum atomic E-state index is 11.2. The van der Waals surface area contributed by atoms with Crippen molar-refractivity contribution in [3.05, 3.63) is 40.7 Å². The first kappa shape index (κ1) is 15.8. The molecule has 21 heavy (non-hydrogen) atoms. The normalized spacial score (nSPS) is 11.6. The van der Waals surface area contributed by atoms with Crippen LogP contribution in [0.25, 0.3) is 0 Å². The van der Waals surface area contributed by atoms with Crippen LogP contribution in [0.15, 0.2) is 29.2 Å². The van der Waals surface area contributed by atoms with Crippen LogP contribution in [-0.4, -0.2) is 18.2 Å². The van der Waals surface area contributed by atoms with E-state index in [9.17, 15) is 8.42 Å². The standard InChI is InChI=1S/C13H16ClN3O3S/c1-3-11-13(14)12(17(2)16-11)8-20-9-4-6-10(7-5-9)21(15,18)19/h4-7H,3,8H2,1-2H3,(H2,15,18,19). The predicted octanol–water partition coefficient (Wildman–Crippen LogP) is 1.86. The van der Waals surface area contributed by atoms with Crippen molar-refractivity contribution in [1.29, 1.82) is 0 Å². The summed E-state index contributed by atoms with van der Waals surface area (Å²) in [4.78, 5) is 0.0432. The third-order valence-corrected chi connectivity index (χ3v) is 4.40. The van der Waals surface area contributed by atoms with Crippen molar-refractivity contribution < 1.29 is 13.2 Å². The van der Waals surface area contributed by atoms with Crippen molar-refractivity contribution in [2.45, 2.75) is 24.8 Å². The van der Waals surface area contributed by atoms with Crippen LogP contribution in [0, 0.1) is 0 Å². The molecule has 6 nitrogen and oxygen atoms in total. The zero-order valence-electron chi connectivity index (χ0n) is 11.7. The van der Waals surface area contributed by atoms with Crippen molar-refractivity contribution in [3.63, 3.8) is 0 Å². The Bertz CT molecular complexity index is 739. The molecule has 0 aliphatic carbocycles. The number of hydrogen-bond acceptors (Lipinski definition) is 4. The first-order valence-corrected chi connectivity index (χ1v) is 8.21. The summed E-state index contributed by atoms with van der Waals surface area (Å²) < 4.78 is 29.6. The van der Waals surface area contributed by atoms with E-state index in [1.165, 1.54) is 12.1 Å². The number of primary sulfonamides is 1. The number of sulfonamides is 1. The molecule has 0 aliphatic heterocycles. The van der Waals surface area contributed by atoms with Gasteiger partial charge in [-0.1, -0.05) is 18.5 Å². The second-order valence-electron chi connectivity index (χ2n) is 4.49. The molecule has 1 aromatic carbocycles. The molecule has 2 N–H and O–H groups in total. The molecule has 2 rings (SSSR count). The molecule has 8 heteroatoms. The molecule has 0 amide bonds. The zero-order valence-corrected chi connectivity index (χ0v) is 13.3. The van der Waals surface area contributed by atoms with Gasteiger partial charge in [-0.2, -0.15) is 5.10 Å². The number of aryl methyl sites for hydroxylation is 2. The monoisotopic (exact) mass is 329 g/mol. The minimum atomic E-state index is -3.69. The first-order chi connectivity index (χ1) is 9.82. The van der Waals surface area contributed by atoms with E-state index in [4.69, 9.17) is 21.5 Å². The van der Waals surface area contributed by atoms with Crippen molar-refractivity contribution in [2.75, 3.05) is 0 Å². The molecular weight excluding hydrogens is 314 g/mol. The van der Waals surface area contributed by atoms with Crippen molar-refractivity contribution in [2.24, 2.45) is 12.2 Å². The Morgan fingerprint density at radius 1 is 1.33 bits per heavy atom. The van der Waals surface area contributed by atoms with Gasteiger partial charge in [-0.25, -0.2) is 13.6 Å². The van der Waals surface area contributed by atoms with E-state index in [2.05, 4.69) is 5.10 Å². The maximum absolute atomic E-state index is 11.2. The van der Waals surface area contributed by atoms with Gasteiger partial charge in [-0.05, 0) is 30.7 Å². The highest BCUT2D eigenvalue weighted by Crippen LogP contribution is 2.23. The smallest absolute Gasteiger partial charge is 0.238 e. The number of halogens is 1. The van der Waals surface area contributed by atoms with Gasteiger partial charge >= 0.3 is 0 Å². The van der Waals surface area contributed by atoms with Crippen LogP contribution in [0.3, 0.4) is 0 Å². The van der Waals surface area contributed by atoms with E-state index >= 15 is 0 Å². The number of benzene rings is 1. The van der Waals surface area contributed by atoms with Crippen LogP contribution in [0.1, 0.15) is 18.3 Å². The second kappa shape index (κ2) is 6.05. The summed E-state index contributed by atoms with van der Waals surface area (Å²) in [5.41, 5.74) is 1.59. The van der Waals surface area contributed by atoms with Gasteiger partial charge in [-0.15, -0.1) is 0 Å². The number of rotatable bonds is 5. The van der Waals surface area contributed by atoms with E-state index in [1.807, 2.05) is 6.92 Å². The minimum Gasteiger partial charge on any atom is -0.487 e. The zero-order chi connectivity index (χ0) is 15.6. The van der Waals surface area contributed by atoms with Gasteiger partial charge < -0.3 is 4.74 Å². The summed E-state index contributed by atoms with van der Waals surface area (Å²) in [5.74, 6) is 0.526. The number of nitrogens with zero attached hydrogens (tertiary/aromatic N) is 2. The van der Waals surface area contributed by atoms with Crippen molar-refractivity contribution >= 4 is 21.6 Å². The van der Waals surface area contributed by atoms with Gasteiger partial charge in [0.2, 0.25) is 10.0 Å². The van der Waals surface area contributed by atoms with Crippen LogP contribution in [-0.2, 0) is 30.1 Å². The SMILES string of the molecule is CCc1nn(C)c(COc2ccc(S(N)(=O)=O)cc2)c1Cl. The Kier molecular flexibility index (Phi) is 4.55. The molecule has 114 valence electrons. The molecule has 0 spiro atoms. The average molecular weight is 330 g/mol. The molecule has 0 fully saturated rings. The lowest BCUT2D eigenvalue weighted by atomic mass is 10.3. The van der Waals surface area contributed by atoms with Gasteiger partial charge in [0.25, 0.3) is 0 Å². The van der Waals surface area contributed by atoms with Crippen molar-refractivity contribution in [3.8, 4) is 5.75 Å².